The molecule has 1 atom stereocenters. The van der Waals surface area contributed by atoms with Crippen LogP contribution in [0.3, 0.4) is 0 Å². The van der Waals surface area contributed by atoms with Crippen LogP contribution in [-0.4, -0.2) is 33.6 Å². The first kappa shape index (κ1) is 16.8. The van der Waals surface area contributed by atoms with Crippen LogP contribution in [0.1, 0.15) is 58.6 Å². The number of hydrogen-bond acceptors (Lipinski definition) is 4. The lowest BCUT2D eigenvalue weighted by atomic mass is 9.76. The van der Waals surface area contributed by atoms with E-state index in [4.69, 9.17) is 4.74 Å². The van der Waals surface area contributed by atoms with Crippen LogP contribution in [0.4, 0.5) is 4.79 Å². The van der Waals surface area contributed by atoms with Crippen molar-refractivity contribution in [2.45, 2.75) is 64.1 Å². The normalized spacial score (nSPS) is 18.4. The average molecular weight is 308 g/mol. The van der Waals surface area contributed by atoms with Crippen molar-refractivity contribution in [3.05, 3.63) is 18.0 Å². The van der Waals surface area contributed by atoms with E-state index in [1.165, 1.54) is 0 Å². The number of rotatable bonds is 5. The molecule has 1 unspecified atom stereocenters. The van der Waals surface area contributed by atoms with Crippen LogP contribution in [0, 0.1) is 0 Å². The molecule has 2 rings (SSSR count). The van der Waals surface area contributed by atoms with E-state index >= 15 is 0 Å². The lowest BCUT2D eigenvalue weighted by molar-refractivity contribution is 0.0379. The highest BCUT2D eigenvalue weighted by molar-refractivity contribution is 5.69. The molecule has 0 bridgehead atoms. The van der Waals surface area contributed by atoms with Gasteiger partial charge in [-0.3, -0.25) is 4.68 Å². The van der Waals surface area contributed by atoms with E-state index in [-0.39, 0.29) is 17.7 Å². The van der Waals surface area contributed by atoms with Crippen molar-refractivity contribution in [2.75, 3.05) is 6.54 Å². The molecule has 6 nitrogen and oxygen atoms in total. The molecule has 1 aliphatic carbocycles. The zero-order chi connectivity index (χ0) is 16.4. The summed E-state index contributed by atoms with van der Waals surface area (Å²) in [6, 6.07) is 0.201. The Bertz CT molecular complexity index is 514. The van der Waals surface area contributed by atoms with Crippen LogP contribution < -0.4 is 10.6 Å². The monoisotopic (exact) mass is 308 g/mol. The van der Waals surface area contributed by atoms with Gasteiger partial charge < -0.3 is 15.4 Å². The molecule has 0 saturated heterocycles. The smallest absolute Gasteiger partial charge is 0.408 e. The second kappa shape index (κ2) is 6.28. The van der Waals surface area contributed by atoms with Crippen molar-refractivity contribution in [1.29, 1.82) is 0 Å². The van der Waals surface area contributed by atoms with Crippen molar-refractivity contribution in [2.24, 2.45) is 7.05 Å². The van der Waals surface area contributed by atoms with E-state index in [2.05, 4.69) is 22.7 Å². The summed E-state index contributed by atoms with van der Waals surface area (Å²) in [5, 5.41) is 10.7. The number of carbonyl (C=O) groups is 1. The standard InChI is InChI=1S/C16H28N4O2/c1-12(13-9-18-20(5)10-13)17-11-16(7-6-8-16)19-14(21)22-15(2,3)4/h9-10,12,17H,6-8,11H2,1-5H3,(H,19,21). The molecule has 6 heteroatoms. The Labute approximate surface area is 132 Å². The van der Waals surface area contributed by atoms with Gasteiger partial charge in [-0.2, -0.15) is 5.10 Å². The molecular weight excluding hydrogens is 280 g/mol. The summed E-state index contributed by atoms with van der Waals surface area (Å²) in [6.07, 6.45) is 6.65. The van der Waals surface area contributed by atoms with Crippen LogP contribution in [0.15, 0.2) is 12.4 Å². The average Bonchev–Trinajstić information content (AvgIpc) is 2.76. The summed E-state index contributed by atoms with van der Waals surface area (Å²) in [4.78, 5) is 12.0. The number of nitrogens with one attached hydrogen (secondary N) is 2. The van der Waals surface area contributed by atoms with Gasteiger partial charge in [-0.15, -0.1) is 0 Å². The number of nitrogens with zero attached hydrogens (tertiary/aromatic N) is 2. The van der Waals surface area contributed by atoms with Gasteiger partial charge in [0.05, 0.1) is 11.7 Å². The molecule has 22 heavy (non-hydrogen) atoms. The van der Waals surface area contributed by atoms with Gasteiger partial charge in [0, 0.05) is 31.4 Å². The Morgan fingerprint density at radius 2 is 2.18 bits per heavy atom. The molecule has 2 N–H and O–H groups in total. The number of carbonyl (C=O) groups excluding carboxylic acids is 1. The van der Waals surface area contributed by atoms with E-state index in [0.717, 1.165) is 31.4 Å². The molecule has 1 aromatic heterocycles. The van der Waals surface area contributed by atoms with Crippen LogP contribution in [0.5, 0.6) is 0 Å². The molecule has 1 fully saturated rings. The fourth-order valence-electron chi connectivity index (χ4n) is 2.60. The lowest BCUT2D eigenvalue weighted by Gasteiger charge is -2.43. The van der Waals surface area contributed by atoms with Gasteiger partial charge in [0.15, 0.2) is 0 Å². The van der Waals surface area contributed by atoms with Crippen LogP contribution in [0.25, 0.3) is 0 Å². The topological polar surface area (TPSA) is 68.2 Å². The zero-order valence-corrected chi connectivity index (χ0v) is 14.3. The van der Waals surface area contributed by atoms with Gasteiger partial charge in [0.2, 0.25) is 0 Å². The third kappa shape index (κ3) is 4.47. The number of aromatic nitrogens is 2. The Kier molecular flexibility index (Phi) is 4.80. The summed E-state index contributed by atoms with van der Waals surface area (Å²) < 4.78 is 7.17. The largest absolute Gasteiger partial charge is 0.444 e. The number of ether oxygens (including phenoxy) is 1. The maximum Gasteiger partial charge on any atom is 0.408 e. The fourth-order valence-corrected chi connectivity index (χ4v) is 2.60. The van der Waals surface area contributed by atoms with Crippen LogP contribution in [0.2, 0.25) is 0 Å². The quantitative estimate of drug-likeness (QED) is 0.877. The van der Waals surface area contributed by atoms with Crippen molar-refractivity contribution < 1.29 is 9.53 Å². The minimum Gasteiger partial charge on any atom is -0.444 e. The molecule has 1 saturated carbocycles. The summed E-state index contributed by atoms with van der Waals surface area (Å²) in [5.41, 5.74) is 0.499. The van der Waals surface area contributed by atoms with E-state index in [1.54, 1.807) is 4.68 Å². The minimum atomic E-state index is -0.467. The highest BCUT2D eigenvalue weighted by Crippen LogP contribution is 2.32. The Hall–Kier alpha value is -1.56. The second-order valence-electron chi connectivity index (χ2n) is 7.31. The summed E-state index contributed by atoms with van der Waals surface area (Å²) in [5.74, 6) is 0. The maximum atomic E-state index is 12.0. The van der Waals surface area contributed by atoms with Crippen LogP contribution >= 0.6 is 0 Å². The van der Waals surface area contributed by atoms with E-state index in [1.807, 2.05) is 40.2 Å². The molecule has 0 aliphatic heterocycles. The first-order valence-electron chi connectivity index (χ1n) is 7.92. The molecule has 1 aliphatic rings. The van der Waals surface area contributed by atoms with Crippen molar-refractivity contribution in [3.8, 4) is 0 Å². The first-order valence-corrected chi connectivity index (χ1v) is 7.92. The van der Waals surface area contributed by atoms with Crippen molar-refractivity contribution >= 4 is 6.09 Å². The Balaban J connectivity index is 1.87. The third-order valence-corrected chi connectivity index (χ3v) is 4.05. The molecule has 0 spiro atoms. The van der Waals surface area contributed by atoms with Gasteiger partial charge in [0.25, 0.3) is 0 Å². The van der Waals surface area contributed by atoms with Gasteiger partial charge in [-0.05, 0) is 47.0 Å². The van der Waals surface area contributed by atoms with Gasteiger partial charge in [-0.1, -0.05) is 0 Å². The van der Waals surface area contributed by atoms with Gasteiger partial charge in [0.1, 0.15) is 5.60 Å². The first-order chi connectivity index (χ1) is 10.2. The molecule has 0 radical (unpaired) electrons. The highest BCUT2D eigenvalue weighted by Gasteiger charge is 2.39. The van der Waals surface area contributed by atoms with Crippen molar-refractivity contribution in [1.82, 2.24) is 20.4 Å². The summed E-state index contributed by atoms with van der Waals surface area (Å²) in [6.45, 7) is 8.48. The second-order valence-corrected chi connectivity index (χ2v) is 7.31. The summed E-state index contributed by atoms with van der Waals surface area (Å²) >= 11 is 0. The van der Waals surface area contributed by atoms with Gasteiger partial charge >= 0.3 is 6.09 Å². The molecule has 1 heterocycles. The fraction of sp³-hybridized carbons (Fsp3) is 0.750. The van der Waals surface area contributed by atoms with E-state index < -0.39 is 5.60 Å². The predicted molar refractivity (Wildman–Crippen MR) is 85.6 cm³/mol. The number of alkyl carbamates (subject to hydrolysis) is 1. The molecular formula is C16H28N4O2. The Morgan fingerprint density at radius 1 is 1.50 bits per heavy atom. The van der Waals surface area contributed by atoms with E-state index in [0.29, 0.717) is 0 Å². The molecule has 1 amide bonds. The van der Waals surface area contributed by atoms with Crippen LogP contribution in [-0.2, 0) is 11.8 Å². The predicted octanol–water partition coefficient (Wildman–Crippen LogP) is 2.52. The lowest BCUT2D eigenvalue weighted by Crippen LogP contribution is -2.60. The van der Waals surface area contributed by atoms with Crippen molar-refractivity contribution in [3.63, 3.8) is 0 Å². The number of hydrogen-bond donors (Lipinski definition) is 2. The molecule has 124 valence electrons. The maximum absolute atomic E-state index is 12.0. The summed E-state index contributed by atoms with van der Waals surface area (Å²) in [7, 11) is 1.91. The minimum absolute atomic E-state index is 0.182. The number of aryl methyl sites for hydroxylation is 1. The SMILES string of the molecule is CC(NCC1(NC(=O)OC(C)(C)C)CCC1)c1cnn(C)c1. The highest BCUT2D eigenvalue weighted by atomic mass is 16.6. The Morgan fingerprint density at radius 3 is 2.64 bits per heavy atom. The molecule has 0 aromatic carbocycles. The third-order valence-electron chi connectivity index (χ3n) is 4.05. The van der Waals surface area contributed by atoms with E-state index in [9.17, 15) is 4.79 Å². The molecule has 1 aromatic rings. The van der Waals surface area contributed by atoms with Gasteiger partial charge in [-0.25, -0.2) is 4.79 Å². The number of amides is 1. The zero-order valence-electron chi connectivity index (χ0n) is 14.3.